The highest BCUT2D eigenvalue weighted by atomic mass is 31.2. The van der Waals surface area contributed by atoms with E-state index in [-0.39, 0.29) is 54.2 Å². The minimum atomic E-state index is -1.28. The molecule has 0 aliphatic carbocycles. The molecule has 0 saturated carbocycles. The van der Waals surface area contributed by atoms with E-state index in [0.29, 0.717) is 30.9 Å². The van der Waals surface area contributed by atoms with Gasteiger partial charge in [0, 0.05) is 45.0 Å². The summed E-state index contributed by atoms with van der Waals surface area (Å²) in [6.45, 7) is 13.3. The summed E-state index contributed by atoms with van der Waals surface area (Å²) in [4.78, 5) is 38.1. The van der Waals surface area contributed by atoms with Crippen LogP contribution in [0.1, 0.15) is 70.9 Å². The van der Waals surface area contributed by atoms with Gasteiger partial charge >= 0.3 is 0 Å². The zero-order chi connectivity index (χ0) is 46.7. The number of hydrogen-bond acceptors (Lipinski definition) is 13. The Balaban J connectivity index is 1.53. The summed E-state index contributed by atoms with van der Waals surface area (Å²) < 4.78 is 55.2. The molecule has 2 aromatic heterocycles. The average molecular weight is 917 g/mol. The van der Waals surface area contributed by atoms with Crippen LogP contribution in [0.5, 0.6) is 11.5 Å². The van der Waals surface area contributed by atoms with Crippen LogP contribution < -0.4 is 20.3 Å². The van der Waals surface area contributed by atoms with Gasteiger partial charge < -0.3 is 37.7 Å². The van der Waals surface area contributed by atoms with Gasteiger partial charge in [-0.2, -0.15) is 4.98 Å². The molecule has 5 aromatic rings. The summed E-state index contributed by atoms with van der Waals surface area (Å²) in [5.74, 6) is 0.726. The number of anilines is 1. The average Bonchev–Trinajstić information content (AvgIpc) is 3.88. The van der Waals surface area contributed by atoms with Crippen LogP contribution in [0.4, 0.5) is 5.95 Å². The molecule has 3 heterocycles. The molecule has 1 saturated heterocycles. The number of nitrogens with zero attached hydrogens (tertiary/aromatic N) is 4. The van der Waals surface area contributed by atoms with Crippen LogP contribution in [-0.4, -0.2) is 122 Å². The van der Waals surface area contributed by atoms with Crippen LogP contribution in [0.2, 0.25) is 0 Å². The number of benzene rings is 3. The SMILES string of the molecule is COCCCP(O[C@H]1[C@@H](OCCOC)[C@H](n2cnc3c(=O)[nH]c(NC(=O)C(C)C)nc32)O[C@@H]1COC(c1ccccc1)(c1ccc(OC)cc1)c1ccc(OC)cc1)N(C(C)C)C(C)C. The fourth-order valence-corrected chi connectivity index (χ4v) is 10.6. The highest BCUT2D eigenvalue weighted by molar-refractivity contribution is 7.50. The molecular weight excluding hydrogens is 852 g/mol. The molecule has 3 aromatic carbocycles. The number of methoxy groups -OCH3 is 4. The molecule has 1 unspecified atom stereocenters. The van der Waals surface area contributed by atoms with Crippen molar-refractivity contribution >= 4 is 31.3 Å². The number of carbonyl (C=O) groups is 1. The van der Waals surface area contributed by atoms with E-state index in [4.69, 9.17) is 42.7 Å². The van der Waals surface area contributed by atoms with Crippen molar-refractivity contribution in [1.29, 1.82) is 0 Å². The monoisotopic (exact) mass is 916 g/mol. The van der Waals surface area contributed by atoms with Crippen LogP contribution >= 0.6 is 8.30 Å². The van der Waals surface area contributed by atoms with Gasteiger partial charge in [-0.15, -0.1) is 0 Å². The Bertz CT molecular complexity index is 2250. The Kier molecular flexibility index (Phi) is 17.7. The van der Waals surface area contributed by atoms with Gasteiger partial charge in [-0.3, -0.25) is 29.1 Å². The molecule has 1 aliphatic heterocycles. The molecule has 1 aliphatic rings. The summed E-state index contributed by atoms with van der Waals surface area (Å²) >= 11 is 0. The van der Waals surface area contributed by atoms with Gasteiger partial charge in [0.1, 0.15) is 43.7 Å². The summed E-state index contributed by atoms with van der Waals surface area (Å²) in [6.07, 6.45) is -0.208. The van der Waals surface area contributed by atoms with Crippen LogP contribution in [0, 0.1) is 5.92 Å². The Morgan fingerprint density at radius 3 is 1.98 bits per heavy atom. The normalized spacial score (nSPS) is 18.3. The van der Waals surface area contributed by atoms with E-state index in [1.165, 1.54) is 6.33 Å². The summed E-state index contributed by atoms with van der Waals surface area (Å²) in [5.41, 5.74) is 1.14. The van der Waals surface area contributed by atoms with Crippen LogP contribution in [0.25, 0.3) is 11.2 Å². The van der Waals surface area contributed by atoms with Gasteiger partial charge in [-0.05, 0) is 75.1 Å². The molecule has 352 valence electrons. The van der Waals surface area contributed by atoms with Gasteiger partial charge in [0.15, 0.2) is 17.4 Å². The predicted molar refractivity (Wildman–Crippen MR) is 251 cm³/mol. The number of nitrogens with one attached hydrogen (secondary N) is 2. The van der Waals surface area contributed by atoms with Gasteiger partial charge in [0.25, 0.3) is 5.56 Å². The lowest BCUT2D eigenvalue weighted by Gasteiger charge is -2.40. The maximum atomic E-state index is 13.5. The van der Waals surface area contributed by atoms with Crippen molar-refractivity contribution in [3.05, 3.63) is 112 Å². The van der Waals surface area contributed by atoms with E-state index in [1.807, 2.05) is 78.9 Å². The van der Waals surface area contributed by atoms with E-state index in [0.717, 1.165) is 23.1 Å². The molecule has 0 bridgehead atoms. The minimum Gasteiger partial charge on any atom is -0.497 e. The third kappa shape index (κ3) is 11.4. The topological polar surface area (TPSA) is 170 Å². The second-order valence-electron chi connectivity index (χ2n) is 16.7. The molecule has 5 atom stereocenters. The Morgan fingerprint density at radius 1 is 0.831 bits per heavy atom. The van der Waals surface area contributed by atoms with Crippen molar-refractivity contribution in [2.45, 2.75) is 90.2 Å². The standard InChI is InChI=1S/C48H65N6O10P/c1-31(2)44(55)51-47-50-43-40(45(56)52-47)49-30-53(43)46-42(61-27-26-58-8)41(64-65(28-14-25-57-7)54(32(3)4)33(5)6)39(63-46)29-62-48(34-15-12-11-13-16-34,35-17-21-37(59-9)22-18-35)36-19-23-38(60-10)24-20-36/h11-13,15-24,30-33,39,41-42,46H,14,25-29H2,1-10H3,(H2,50,51,52,55,56)/t39-,41-,42-,46-,65?/m1/s1. The zero-order valence-electron chi connectivity index (χ0n) is 39.2. The zero-order valence-corrected chi connectivity index (χ0v) is 40.1. The van der Waals surface area contributed by atoms with Crippen molar-refractivity contribution in [3.8, 4) is 11.5 Å². The number of imidazole rings is 1. The maximum Gasteiger partial charge on any atom is 0.280 e. The number of aromatic nitrogens is 4. The first kappa shape index (κ1) is 49.7. The van der Waals surface area contributed by atoms with Gasteiger partial charge in [0.2, 0.25) is 11.9 Å². The number of H-pyrrole nitrogens is 1. The Hall–Kier alpha value is -4.77. The first-order valence-electron chi connectivity index (χ1n) is 22.1. The van der Waals surface area contributed by atoms with E-state index < -0.39 is 44.0 Å². The van der Waals surface area contributed by atoms with Crippen LogP contribution in [0.3, 0.4) is 0 Å². The minimum absolute atomic E-state index is 0.0108. The lowest BCUT2D eigenvalue weighted by atomic mass is 9.80. The van der Waals surface area contributed by atoms with Gasteiger partial charge in [-0.25, -0.2) is 4.98 Å². The number of aromatic amines is 1. The predicted octanol–water partition coefficient (Wildman–Crippen LogP) is 7.52. The molecular formula is C48H65N6O10P. The molecule has 16 nitrogen and oxygen atoms in total. The Labute approximate surface area is 383 Å². The molecule has 0 spiro atoms. The molecule has 65 heavy (non-hydrogen) atoms. The number of rotatable bonds is 24. The first-order chi connectivity index (χ1) is 31.4. The van der Waals surface area contributed by atoms with Crippen molar-refractivity contribution in [2.24, 2.45) is 5.92 Å². The lowest BCUT2D eigenvalue weighted by molar-refractivity contribution is -0.118. The molecule has 1 fully saturated rings. The van der Waals surface area contributed by atoms with Crippen molar-refractivity contribution < 1.29 is 42.5 Å². The van der Waals surface area contributed by atoms with E-state index >= 15 is 0 Å². The van der Waals surface area contributed by atoms with E-state index in [9.17, 15) is 9.59 Å². The number of carbonyl (C=O) groups excluding carboxylic acids is 1. The Morgan fingerprint density at radius 2 is 1.43 bits per heavy atom. The molecule has 0 radical (unpaired) electrons. The summed E-state index contributed by atoms with van der Waals surface area (Å²) in [6, 6.07) is 26.1. The fourth-order valence-electron chi connectivity index (χ4n) is 8.17. The van der Waals surface area contributed by atoms with Gasteiger partial charge in [0.05, 0.1) is 40.4 Å². The van der Waals surface area contributed by atoms with Crippen molar-refractivity contribution in [1.82, 2.24) is 24.2 Å². The largest absolute Gasteiger partial charge is 0.497 e. The number of hydrogen-bond donors (Lipinski definition) is 2. The smallest absolute Gasteiger partial charge is 0.280 e. The highest BCUT2D eigenvalue weighted by Gasteiger charge is 2.51. The molecule has 6 rings (SSSR count). The molecule has 17 heteroatoms. The summed E-state index contributed by atoms with van der Waals surface area (Å²) in [7, 11) is 5.31. The second kappa shape index (κ2) is 23.1. The quantitative estimate of drug-likeness (QED) is 0.0355. The van der Waals surface area contributed by atoms with Crippen molar-refractivity contribution in [2.75, 3.05) is 66.3 Å². The van der Waals surface area contributed by atoms with E-state index in [1.54, 1.807) is 46.9 Å². The third-order valence-corrected chi connectivity index (χ3v) is 13.9. The third-order valence-electron chi connectivity index (χ3n) is 11.3. The summed E-state index contributed by atoms with van der Waals surface area (Å²) in [5, 5.41) is 2.73. The first-order valence-corrected chi connectivity index (χ1v) is 23.5. The van der Waals surface area contributed by atoms with Crippen LogP contribution in [-0.2, 0) is 38.6 Å². The second-order valence-corrected chi connectivity index (χ2v) is 18.5. The fraction of sp³-hybridized carbons (Fsp3) is 0.500. The maximum absolute atomic E-state index is 13.5. The van der Waals surface area contributed by atoms with Crippen molar-refractivity contribution in [3.63, 3.8) is 0 Å². The number of ether oxygens (including phenoxy) is 7. The van der Waals surface area contributed by atoms with E-state index in [2.05, 4.69) is 47.7 Å². The molecule has 2 N–H and O–H groups in total. The number of amides is 1. The highest BCUT2D eigenvalue weighted by Crippen LogP contribution is 2.51. The number of fused-ring (bicyclic) bond motifs is 1. The van der Waals surface area contributed by atoms with Gasteiger partial charge in [-0.1, -0.05) is 68.4 Å². The lowest BCUT2D eigenvalue weighted by Crippen LogP contribution is -2.43. The van der Waals surface area contributed by atoms with Crippen LogP contribution in [0.15, 0.2) is 90.0 Å². The molecule has 1 amide bonds.